The molecule has 0 saturated heterocycles. The highest BCUT2D eigenvalue weighted by Crippen LogP contribution is 2.34. The van der Waals surface area contributed by atoms with Crippen LogP contribution in [0, 0.1) is 0 Å². The number of rotatable bonds is 1. The third kappa shape index (κ3) is 2.28. The van der Waals surface area contributed by atoms with Gasteiger partial charge in [0, 0.05) is 17.5 Å². The van der Waals surface area contributed by atoms with Crippen LogP contribution in [0.5, 0.6) is 0 Å². The molecular weight excluding hydrogens is 214 g/mol. The fourth-order valence-electron chi connectivity index (χ4n) is 2.13. The van der Waals surface area contributed by atoms with Crippen LogP contribution < -0.4 is 5.32 Å². The number of hydrogen-bond donors (Lipinski definition) is 1. The Morgan fingerprint density at radius 3 is 2.69 bits per heavy atom. The maximum Gasteiger partial charge on any atom is 0.0412 e. The lowest BCUT2D eigenvalue weighted by molar-refractivity contribution is 0.583. The van der Waals surface area contributed by atoms with Gasteiger partial charge in [0.25, 0.3) is 0 Å². The lowest BCUT2D eigenvalue weighted by Gasteiger charge is -2.28. The summed E-state index contributed by atoms with van der Waals surface area (Å²) >= 11 is 2.02. The highest BCUT2D eigenvalue weighted by atomic mass is 32.2. The van der Waals surface area contributed by atoms with Crippen LogP contribution >= 0.6 is 11.8 Å². The molecule has 0 bridgehead atoms. The first-order valence-corrected chi connectivity index (χ1v) is 7.06. The SMILES string of the molecule is CNC1CSCc2ccc(C(C)(C)C)cc21. The van der Waals surface area contributed by atoms with Gasteiger partial charge in [-0.1, -0.05) is 39.0 Å². The predicted molar refractivity (Wildman–Crippen MR) is 73.1 cm³/mol. The molecule has 16 heavy (non-hydrogen) atoms. The van der Waals surface area contributed by atoms with Crippen molar-refractivity contribution in [3.63, 3.8) is 0 Å². The molecule has 2 rings (SSSR count). The lowest BCUT2D eigenvalue weighted by Crippen LogP contribution is -2.24. The minimum atomic E-state index is 0.248. The molecule has 1 aliphatic heterocycles. The molecule has 1 heterocycles. The van der Waals surface area contributed by atoms with E-state index in [9.17, 15) is 0 Å². The summed E-state index contributed by atoms with van der Waals surface area (Å²) in [6, 6.07) is 7.52. The van der Waals surface area contributed by atoms with Crippen LogP contribution in [0.15, 0.2) is 18.2 Å². The van der Waals surface area contributed by atoms with Gasteiger partial charge in [-0.3, -0.25) is 0 Å². The second kappa shape index (κ2) is 4.42. The van der Waals surface area contributed by atoms with E-state index in [0.717, 1.165) is 5.75 Å². The maximum absolute atomic E-state index is 3.42. The maximum atomic E-state index is 3.42. The van der Waals surface area contributed by atoms with Crippen LogP contribution in [0.2, 0.25) is 0 Å². The summed E-state index contributed by atoms with van der Waals surface area (Å²) in [6.45, 7) is 6.84. The molecule has 0 aliphatic carbocycles. The van der Waals surface area contributed by atoms with Gasteiger partial charge in [-0.25, -0.2) is 0 Å². The smallest absolute Gasteiger partial charge is 0.0412 e. The topological polar surface area (TPSA) is 12.0 Å². The van der Waals surface area contributed by atoms with Gasteiger partial charge in [-0.05, 0) is 29.2 Å². The van der Waals surface area contributed by atoms with E-state index in [1.807, 2.05) is 11.8 Å². The Hall–Kier alpha value is -0.470. The highest BCUT2D eigenvalue weighted by molar-refractivity contribution is 7.98. The summed E-state index contributed by atoms with van der Waals surface area (Å²) < 4.78 is 0. The first kappa shape index (κ1) is 12.0. The van der Waals surface area contributed by atoms with Gasteiger partial charge in [0.1, 0.15) is 0 Å². The van der Waals surface area contributed by atoms with Crippen molar-refractivity contribution in [2.75, 3.05) is 12.8 Å². The van der Waals surface area contributed by atoms with E-state index in [1.165, 1.54) is 22.4 Å². The molecule has 0 fully saturated rings. The molecule has 1 aliphatic rings. The standard InChI is InChI=1S/C14H21NS/c1-14(2,3)11-6-5-10-8-16-9-13(15-4)12(10)7-11/h5-7,13,15H,8-9H2,1-4H3. The average Bonchev–Trinajstić information content (AvgIpc) is 2.26. The van der Waals surface area contributed by atoms with Crippen molar-refractivity contribution in [3.8, 4) is 0 Å². The van der Waals surface area contributed by atoms with E-state index < -0.39 is 0 Å². The molecule has 1 N–H and O–H groups in total. The Kier molecular flexibility index (Phi) is 3.32. The van der Waals surface area contributed by atoms with Crippen molar-refractivity contribution >= 4 is 11.8 Å². The average molecular weight is 235 g/mol. The molecule has 88 valence electrons. The summed E-state index contributed by atoms with van der Waals surface area (Å²) in [4.78, 5) is 0. The van der Waals surface area contributed by atoms with Crippen molar-refractivity contribution < 1.29 is 0 Å². The number of nitrogens with one attached hydrogen (secondary N) is 1. The van der Waals surface area contributed by atoms with Crippen LogP contribution in [-0.4, -0.2) is 12.8 Å². The molecule has 1 aromatic rings. The summed E-state index contributed by atoms with van der Waals surface area (Å²) in [5.74, 6) is 2.36. The van der Waals surface area contributed by atoms with Gasteiger partial charge >= 0.3 is 0 Å². The number of fused-ring (bicyclic) bond motifs is 1. The van der Waals surface area contributed by atoms with Crippen LogP contribution in [0.1, 0.15) is 43.5 Å². The lowest BCUT2D eigenvalue weighted by atomic mass is 9.84. The van der Waals surface area contributed by atoms with Gasteiger partial charge < -0.3 is 5.32 Å². The number of benzene rings is 1. The Morgan fingerprint density at radius 1 is 1.31 bits per heavy atom. The second-order valence-electron chi connectivity index (χ2n) is 5.52. The molecule has 0 saturated carbocycles. The van der Waals surface area contributed by atoms with Gasteiger partial charge in [0.15, 0.2) is 0 Å². The minimum Gasteiger partial charge on any atom is -0.312 e. The van der Waals surface area contributed by atoms with Crippen molar-refractivity contribution in [1.29, 1.82) is 0 Å². The molecular formula is C14H21NS. The van der Waals surface area contributed by atoms with Crippen molar-refractivity contribution in [2.45, 2.75) is 38.0 Å². The van der Waals surface area contributed by atoms with E-state index in [-0.39, 0.29) is 5.41 Å². The fraction of sp³-hybridized carbons (Fsp3) is 0.571. The largest absolute Gasteiger partial charge is 0.312 e. The summed E-state index contributed by atoms with van der Waals surface area (Å²) in [6.07, 6.45) is 0. The zero-order valence-corrected chi connectivity index (χ0v) is 11.4. The zero-order chi connectivity index (χ0) is 11.8. The molecule has 0 radical (unpaired) electrons. The fourth-order valence-corrected chi connectivity index (χ4v) is 3.32. The van der Waals surface area contributed by atoms with E-state index in [0.29, 0.717) is 6.04 Å². The molecule has 0 aromatic heterocycles. The van der Waals surface area contributed by atoms with Crippen molar-refractivity contribution in [1.82, 2.24) is 5.32 Å². The van der Waals surface area contributed by atoms with Crippen molar-refractivity contribution in [2.24, 2.45) is 0 Å². The predicted octanol–water partition coefficient (Wildman–Crippen LogP) is 3.49. The first-order valence-electron chi connectivity index (χ1n) is 5.90. The van der Waals surface area contributed by atoms with Crippen LogP contribution in [-0.2, 0) is 11.2 Å². The minimum absolute atomic E-state index is 0.248. The molecule has 1 aromatic carbocycles. The zero-order valence-electron chi connectivity index (χ0n) is 10.6. The Bertz CT molecular complexity index is 379. The van der Waals surface area contributed by atoms with Crippen molar-refractivity contribution in [3.05, 3.63) is 34.9 Å². The van der Waals surface area contributed by atoms with Gasteiger partial charge in [-0.15, -0.1) is 0 Å². The summed E-state index contributed by atoms with van der Waals surface area (Å²) in [5, 5.41) is 3.42. The monoisotopic (exact) mass is 235 g/mol. The molecule has 1 unspecified atom stereocenters. The van der Waals surface area contributed by atoms with E-state index in [2.05, 4.69) is 51.3 Å². The normalized spacial score (nSPS) is 20.6. The van der Waals surface area contributed by atoms with Gasteiger partial charge in [-0.2, -0.15) is 11.8 Å². The van der Waals surface area contributed by atoms with Gasteiger partial charge in [0.2, 0.25) is 0 Å². The second-order valence-corrected chi connectivity index (χ2v) is 6.55. The third-order valence-corrected chi connectivity index (χ3v) is 4.36. The summed E-state index contributed by atoms with van der Waals surface area (Å²) in [5.41, 5.74) is 4.70. The molecule has 1 atom stereocenters. The summed E-state index contributed by atoms with van der Waals surface area (Å²) in [7, 11) is 2.06. The number of hydrogen-bond acceptors (Lipinski definition) is 2. The molecule has 0 spiro atoms. The Balaban J connectivity index is 2.43. The van der Waals surface area contributed by atoms with Crippen LogP contribution in [0.4, 0.5) is 0 Å². The molecule has 0 amide bonds. The molecule has 2 heteroatoms. The van der Waals surface area contributed by atoms with E-state index >= 15 is 0 Å². The first-order chi connectivity index (χ1) is 7.52. The van der Waals surface area contributed by atoms with Crippen LogP contribution in [0.3, 0.4) is 0 Å². The van der Waals surface area contributed by atoms with Crippen LogP contribution in [0.25, 0.3) is 0 Å². The van der Waals surface area contributed by atoms with E-state index in [4.69, 9.17) is 0 Å². The molecule has 1 nitrogen and oxygen atoms in total. The van der Waals surface area contributed by atoms with E-state index in [1.54, 1.807) is 0 Å². The van der Waals surface area contributed by atoms with Gasteiger partial charge in [0.05, 0.1) is 0 Å². The number of thioether (sulfide) groups is 1. The Labute approximate surface area is 103 Å². The highest BCUT2D eigenvalue weighted by Gasteiger charge is 2.22. The third-order valence-electron chi connectivity index (χ3n) is 3.28. The quantitative estimate of drug-likeness (QED) is 0.799. The Morgan fingerprint density at radius 2 is 2.06 bits per heavy atom.